The van der Waals surface area contributed by atoms with E-state index in [4.69, 9.17) is 14.6 Å². The summed E-state index contributed by atoms with van der Waals surface area (Å²) in [6.07, 6.45) is 2.22. The van der Waals surface area contributed by atoms with Crippen molar-refractivity contribution in [3.05, 3.63) is 23.8 Å². The second-order valence-corrected chi connectivity index (χ2v) is 6.36. The Labute approximate surface area is 143 Å². The highest BCUT2D eigenvalue weighted by Gasteiger charge is 2.21. The lowest BCUT2D eigenvalue weighted by atomic mass is 9.98. The minimum Gasteiger partial charge on any atom is -0.497 e. The average Bonchev–Trinajstić information content (AvgIpc) is 2.52. The summed E-state index contributed by atoms with van der Waals surface area (Å²) in [6, 6.07) is 5.63. The van der Waals surface area contributed by atoms with Crippen LogP contribution >= 0.6 is 0 Å². The van der Waals surface area contributed by atoms with E-state index in [-0.39, 0.29) is 12.3 Å². The number of amides is 1. The number of carbonyl (C=O) groups is 2. The maximum Gasteiger partial charge on any atom is 0.303 e. The number of nitrogens with one attached hydrogen (secondary N) is 1. The summed E-state index contributed by atoms with van der Waals surface area (Å²) in [5, 5.41) is 11.6. The van der Waals surface area contributed by atoms with Crippen molar-refractivity contribution in [1.29, 1.82) is 0 Å². The van der Waals surface area contributed by atoms with E-state index in [1.54, 1.807) is 14.2 Å². The van der Waals surface area contributed by atoms with Gasteiger partial charge in [0.15, 0.2) is 0 Å². The summed E-state index contributed by atoms with van der Waals surface area (Å²) in [6.45, 7) is 3.67. The van der Waals surface area contributed by atoms with Gasteiger partial charge < -0.3 is 19.9 Å². The topological polar surface area (TPSA) is 84.9 Å². The van der Waals surface area contributed by atoms with Gasteiger partial charge in [-0.3, -0.25) is 9.59 Å². The fraction of sp³-hybridized carbons (Fsp3) is 0.556. The normalized spacial score (nSPS) is 11.0. The van der Waals surface area contributed by atoms with Crippen molar-refractivity contribution in [2.24, 2.45) is 0 Å². The monoisotopic (exact) mass is 337 g/mol. The molecule has 0 aromatic heterocycles. The Balaban J connectivity index is 2.47. The van der Waals surface area contributed by atoms with E-state index in [0.29, 0.717) is 19.3 Å². The third kappa shape index (κ3) is 6.89. The predicted octanol–water partition coefficient (Wildman–Crippen LogP) is 2.79. The first-order valence-electron chi connectivity index (χ1n) is 8.01. The van der Waals surface area contributed by atoms with Gasteiger partial charge in [0, 0.05) is 24.4 Å². The molecule has 6 nitrogen and oxygen atoms in total. The number of benzene rings is 1. The predicted molar refractivity (Wildman–Crippen MR) is 91.6 cm³/mol. The van der Waals surface area contributed by atoms with Crippen molar-refractivity contribution in [3.63, 3.8) is 0 Å². The number of hydrogen-bond acceptors (Lipinski definition) is 4. The lowest BCUT2D eigenvalue weighted by Gasteiger charge is -2.25. The maximum atomic E-state index is 12.0. The summed E-state index contributed by atoms with van der Waals surface area (Å²) in [5.41, 5.74) is 0.504. The molecule has 0 saturated heterocycles. The lowest BCUT2D eigenvalue weighted by molar-refractivity contribution is -0.137. The van der Waals surface area contributed by atoms with Crippen LogP contribution in [-0.4, -0.2) is 36.7 Å². The van der Waals surface area contributed by atoms with Crippen LogP contribution in [-0.2, 0) is 16.0 Å². The van der Waals surface area contributed by atoms with Crippen LogP contribution in [0, 0.1) is 0 Å². The van der Waals surface area contributed by atoms with Gasteiger partial charge >= 0.3 is 5.97 Å². The van der Waals surface area contributed by atoms with Gasteiger partial charge in [0.05, 0.1) is 14.2 Å². The molecule has 134 valence electrons. The van der Waals surface area contributed by atoms with Crippen molar-refractivity contribution in [2.45, 2.75) is 51.5 Å². The zero-order valence-electron chi connectivity index (χ0n) is 14.8. The van der Waals surface area contributed by atoms with Crippen molar-refractivity contribution in [1.82, 2.24) is 5.32 Å². The highest BCUT2D eigenvalue weighted by Crippen LogP contribution is 2.25. The van der Waals surface area contributed by atoms with Crippen LogP contribution in [0.4, 0.5) is 0 Å². The van der Waals surface area contributed by atoms with Crippen LogP contribution in [0.5, 0.6) is 11.5 Å². The molecular formula is C18H27NO5. The fourth-order valence-corrected chi connectivity index (χ4v) is 2.42. The third-order valence-electron chi connectivity index (χ3n) is 3.79. The zero-order chi connectivity index (χ0) is 18.2. The van der Waals surface area contributed by atoms with E-state index >= 15 is 0 Å². The molecule has 0 heterocycles. The molecule has 6 heteroatoms. The van der Waals surface area contributed by atoms with Crippen LogP contribution < -0.4 is 14.8 Å². The molecule has 1 aromatic rings. The minimum absolute atomic E-state index is 0.0380. The third-order valence-corrected chi connectivity index (χ3v) is 3.79. The van der Waals surface area contributed by atoms with Gasteiger partial charge in [-0.15, -0.1) is 0 Å². The summed E-state index contributed by atoms with van der Waals surface area (Å²) in [5.74, 6) is 0.548. The number of rotatable bonds is 10. The second kappa shape index (κ2) is 9.15. The number of hydrogen-bond donors (Lipinski definition) is 2. The van der Waals surface area contributed by atoms with Crippen molar-refractivity contribution in [3.8, 4) is 11.5 Å². The van der Waals surface area contributed by atoms with Crippen LogP contribution in [0.3, 0.4) is 0 Å². The molecule has 0 aliphatic heterocycles. The number of carboxylic acids is 1. The minimum atomic E-state index is -0.857. The highest BCUT2D eigenvalue weighted by molar-refractivity contribution is 5.76. The molecule has 0 aliphatic rings. The van der Waals surface area contributed by atoms with E-state index in [2.05, 4.69) is 5.32 Å². The number of aliphatic carboxylic acids is 1. The highest BCUT2D eigenvalue weighted by atomic mass is 16.5. The van der Waals surface area contributed by atoms with E-state index in [9.17, 15) is 9.59 Å². The molecule has 1 amide bonds. The standard InChI is InChI=1S/C18H27NO5/c1-18(2,11-10-17(21)22)19-16(20)7-5-6-13-8-9-14(23-3)12-15(13)24-4/h8-9,12H,5-7,10-11H2,1-4H3,(H,19,20)(H,21,22). The van der Waals surface area contributed by atoms with Gasteiger partial charge in [-0.2, -0.15) is 0 Å². The molecule has 0 fully saturated rings. The van der Waals surface area contributed by atoms with Gasteiger partial charge in [0.2, 0.25) is 5.91 Å². The first-order valence-corrected chi connectivity index (χ1v) is 8.01. The molecular weight excluding hydrogens is 310 g/mol. The average molecular weight is 337 g/mol. The summed E-state index contributed by atoms with van der Waals surface area (Å²) in [4.78, 5) is 22.7. The van der Waals surface area contributed by atoms with Gasteiger partial charge in [-0.05, 0) is 44.7 Å². The maximum absolute atomic E-state index is 12.0. The molecule has 0 spiro atoms. The SMILES string of the molecule is COc1ccc(CCCC(=O)NC(C)(C)CCC(=O)O)c(OC)c1. The largest absolute Gasteiger partial charge is 0.497 e. The van der Waals surface area contributed by atoms with Gasteiger partial charge in [-0.25, -0.2) is 0 Å². The van der Waals surface area contributed by atoms with Crippen LogP contribution in [0.1, 0.15) is 45.1 Å². The summed E-state index contributed by atoms with van der Waals surface area (Å²) >= 11 is 0. The Hall–Kier alpha value is -2.24. The smallest absolute Gasteiger partial charge is 0.303 e. The Kier molecular flexibility index (Phi) is 7.55. The van der Waals surface area contributed by atoms with Crippen LogP contribution in [0.15, 0.2) is 18.2 Å². The van der Waals surface area contributed by atoms with E-state index in [1.165, 1.54) is 0 Å². The quantitative estimate of drug-likeness (QED) is 0.686. The van der Waals surface area contributed by atoms with Crippen molar-refractivity contribution >= 4 is 11.9 Å². The van der Waals surface area contributed by atoms with Crippen molar-refractivity contribution < 1.29 is 24.2 Å². The molecule has 24 heavy (non-hydrogen) atoms. The number of carbonyl (C=O) groups excluding carboxylic acids is 1. The van der Waals surface area contributed by atoms with Crippen LogP contribution in [0.2, 0.25) is 0 Å². The Morgan fingerprint density at radius 1 is 1.17 bits per heavy atom. The number of aryl methyl sites for hydroxylation is 1. The molecule has 0 radical (unpaired) electrons. The Morgan fingerprint density at radius 2 is 1.88 bits per heavy atom. The Bertz CT molecular complexity index is 569. The van der Waals surface area contributed by atoms with Crippen molar-refractivity contribution in [2.75, 3.05) is 14.2 Å². The van der Waals surface area contributed by atoms with Gasteiger partial charge in [-0.1, -0.05) is 6.07 Å². The molecule has 0 unspecified atom stereocenters. The molecule has 1 rings (SSSR count). The molecule has 1 aromatic carbocycles. The molecule has 0 bridgehead atoms. The lowest BCUT2D eigenvalue weighted by Crippen LogP contribution is -2.43. The number of carboxylic acid groups (broad SMARTS) is 1. The number of methoxy groups -OCH3 is 2. The summed E-state index contributed by atoms with van der Waals surface area (Å²) < 4.78 is 10.5. The molecule has 0 saturated carbocycles. The fourth-order valence-electron chi connectivity index (χ4n) is 2.42. The second-order valence-electron chi connectivity index (χ2n) is 6.36. The van der Waals surface area contributed by atoms with E-state index < -0.39 is 11.5 Å². The zero-order valence-corrected chi connectivity index (χ0v) is 14.8. The van der Waals surface area contributed by atoms with Gasteiger partial charge in [0.1, 0.15) is 11.5 Å². The molecule has 0 aliphatic carbocycles. The van der Waals surface area contributed by atoms with Crippen LogP contribution in [0.25, 0.3) is 0 Å². The molecule has 2 N–H and O–H groups in total. The first kappa shape index (κ1) is 19.8. The molecule has 0 atom stereocenters. The van der Waals surface area contributed by atoms with E-state index in [0.717, 1.165) is 23.5 Å². The van der Waals surface area contributed by atoms with E-state index in [1.807, 2.05) is 32.0 Å². The summed E-state index contributed by atoms with van der Waals surface area (Å²) in [7, 11) is 3.21. The first-order chi connectivity index (χ1) is 11.3. The van der Waals surface area contributed by atoms with Gasteiger partial charge in [0.25, 0.3) is 0 Å². The number of ether oxygens (including phenoxy) is 2. The Morgan fingerprint density at radius 3 is 2.46 bits per heavy atom.